The molecular weight excluding hydrogens is 249 g/mol. The van der Waals surface area contributed by atoms with Crippen molar-refractivity contribution in [3.63, 3.8) is 0 Å². The maximum absolute atomic E-state index is 13.0. The zero-order valence-electron chi connectivity index (χ0n) is 8.57. The molecule has 3 aliphatic rings. The molecule has 3 fully saturated rings. The van der Waals surface area contributed by atoms with Gasteiger partial charge in [0.1, 0.15) is 0 Å². The number of carbonyl (C=O) groups is 1. The van der Waals surface area contributed by atoms with E-state index in [0.717, 1.165) is 12.8 Å². The molecule has 2 aliphatic carbocycles. The number of hydrogen-bond acceptors (Lipinski definition) is 2. The summed E-state index contributed by atoms with van der Waals surface area (Å²) in [6.45, 7) is 1.11. The maximum Gasteiger partial charge on any atom is 0.490 e. The Balaban J connectivity index is 0.000000139. The van der Waals surface area contributed by atoms with E-state index in [1.54, 1.807) is 0 Å². The molecule has 0 unspecified atom stereocenters. The minimum Gasteiger partial charge on any atom is -0.475 e. The topological polar surface area (TPSA) is 49.3 Å². The van der Waals surface area contributed by atoms with Gasteiger partial charge < -0.3 is 10.4 Å². The van der Waals surface area contributed by atoms with Crippen LogP contribution in [0.3, 0.4) is 0 Å². The Hall–Kier alpha value is -0.920. The highest BCUT2D eigenvalue weighted by molar-refractivity contribution is 5.73. The minimum absolute atomic E-state index is 0.509. The number of alkyl halides is 5. The van der Waals surface area contributed by atoms with E-state index in [2.05, 4.69) is 5.32 Å². The summed E-state index contributed by atoms with van der Waals surface area (Å²) in [5.41, 5.74) is -1.08. The van der Waals surface area contributed by atoms with Crippen molar-refractivity contribution in [1.29, 1.82) is 0 Å². The number of aliphatic carboxylic acids is 1. The van der Waals surface area contributed by atoms with Crippen LogP contribution in [0.25, 0.3) is 0 Å². The lowest BCUT2D eigenvalue weighted by Gasteiger charge is -2.27. The van der Waals surface area contributed by atoms with E-state index >= 15 is 0 Å². The minimum atomic E-state index is -5.08. The zero-order valence-corrected chi connectivity index (χ0v) is 8.57. The summed E-state index contributed by atoms with van der Waals surface area (Å²) in [6.07, 6.45) is -3.55. The lowest BCUT2D eigenvalue weighted by molar-refractivity contribution is -0.192. The first-order valence-electron chi connectivity index (χ1n) is 4.99. The van der Waals surface area contributed by atoms with Crippen molar-refractivity contribution in [2.45, 2.75) is 24.9 Å². The molecule has 1 saturated heterocycles. The van der Waals surface area contributed by atoms with Crippen molar-refractivity contribution in [3.05, 3.63) is 0 Å². The molecule has 1 aliphatic heterocycles. The summed E-state index contributed by atoms with van der Waals surface area (Å²) in [5, 5.41) is 10.1. The fourth-order valence-corrected chi connectivity index (χ4v) is 2.59. The number of carboxylic acids is 1. The normalized spacial score (nSPS) is 29.0. The predicted molar refractivity (Wildman–Crippen MR) is 45.6 cm³/mol. The van der Waals surface area contributed by atoms with Gasteiger partial charge in [-0.1, -0.05) is 0 Å². The molecule has 3 rings (SSSR count). The van der Waals surface area contributed by atoms with Gasteiger partial charge in [-0.2, -0.15) is 13.2 Å². The summed E-state index contributed by atoms with van der Waals surface area (Å²) in [5.74, 6) is -5.07. The highest BCUT2D eigenvalue weighted by atomic mass is 19.4. The molecule has 0 amide bonds. The van der Waals surface area contributed by atoms with E-state index in [1.807, 2.05) is 0 Å². The largest absolute Gasteiger partial charge is 0.490 e. The van der Waals surface area contributed by atoms with Crippen LogP contribution >= 0.6 is 0 Å². The molecular formula is C9H10F5NO2. The van der Waals surface area contributed by atoms with E-state index in [9.17, 15) is 22.0 Å². The lowest BCUT2D eigenvalue weighted by Crippen LogP contribution is -2.48. The van der Waals surface area contributed by atoms with Crippen molar-refractivity contribution < 1.29 is 31.9 Å². The number of hydrogen-bond donors (Lipinski definition) is 2. The molecule has 17 heavy (non-hydrogen) atoms. The molecule has 8 heteroatoms. The van der Waals surface area contributed by atoms with Crippen molar-refractivity contribution in [1.82, 2.24) is 5.32 Å². The van der Waals surface area contributed by atoms with Gasteiger partial charge in [-0.3, -0.25) is 0 Å². The van der Waals surface area contributed by atoms with Gasteiger partial charge >= 0.3 is 12.1 Å². The summed E-state index contributed by atoms with van der Waals surface area (Å²) >= 11 is 0. The third-order valence-corrected chi connectivity index (χ3v) is 3.90. The van der Waals surface area contributed by atoms with E-state index in [0.29, 0.717) is 13.1 Å². The highest BCUT2D eigenvalue weighted by Gasteiger charge is 2.96. The summed E-state index contributed by atoms with van der Waals surface area (Å²) in [4.78, 5) is 8.90. The van der Waals surface area contributed by atoms with Crippen LogP contribution < -0.4 is 5.32 Å². The second-order valence-corrected chi connectivity index (χ2v) is 4.65. The fraction of sp³-hybridized carbons (Fsp3) is 0.889. The quantitative estimate of drug-likeness (QED) is 0.650. The van der Waals surface area contributed by atoms with Crippen LogP contribution in [0.5, 0.6) is 0 Å². The van der Waals surface area contributed by atoms with Crippen molar-refractivity contribution in [3.8, 4) is 0 Å². The standard InChI is InChI=1S/C7H9F2N.C2HF3O2/c8-7(9)5(1-2-5)6(7)3-10-4-6;3-2(4,5)1(6)7/h10H,1-4H2;(H,6,7). The van der Waals surface area contributed by atoms with Gasteiger partial charge in [0.05, 0.1) is 5.41 Å². The Morgan fingerprint density at radius 3 is 1.59 bits per heavy atom. The predicted octanol–water partition coefficient (Wildman–Crippen LogP) is 1.64. The molecule has 2 saturated carbocycles. The molecule has 0 bridgehead atoms. The Morgan fingerprint density at radius 2 is 1.53 bits per heavy atom. The number of fused-ring (bicyclic) bond motifs is 1. The van der Waals surface area contributed by atoms with Crippen molar-refractivity contribution in [2.75, 3.05) is 13.1 Å². The molecule has 1 heterocycles. The highest BCUT2D eigenvalue weighted by Crippen LogP contribution is 2.88. The first kappa shape index (κ1) is 12.5. The number of carboxylic acid groups (broad SMARTS) is 1. The summed E-state index contributed by atoms with van der Waals surface area (Å²) in [7, 11) is 0. The lowest BCUT2D eigenvalue weighted by atomic mass is 9.95. The van der Waals surface area contributed by atoms with Gasteiger partial charge in [0.15, 0.2) is 0 Å². The third kappa shape index (κ3) is 1.39. The molecule has 2 spiro atoms. The van der Waals surface area contributed by atoms with Gasteiger partial charge in [0.25, 0.3) is 5.92 Å². The monoisotopic (exact) mass is 259 g/mol. The second-order valence-electron chi connectivity index (χ2n) is 4.65. The van der Waals surface area contributed by atoms with Gasteiger partial charge in [0.2, 0.25) is 0 Å². The van der Waals surface area contributed by atoms with Crippen LogP contribution in [0.2, 0.25) is 0 Å². The average molecular weight is 259 g/mol. The van der Waals surface area contributed by atoms with Crippen LogP contribution in [-0.2, 0) is 4.79 Å². The van der Waals surface area contributed by atoms with E-state index in [4.69, 9.17) is 9.90 Å². The van der Waals surface area contributed by atoms with Crippen molar-refractivity contribution in [2.24, 2.45) is 10.8 Å². The van der Waals surface area contributed by atoms with Crippen LogP contribution in [0.15, 0.2) is 0 Å². The first-order valence-corrected chi connectivity index (χ1v) is 4.99. The van der Waals surface area contributed by atoms with E-state index in [1.165, 1.54) is 0 Å². The summed E-state index contributed by atoms with van der Waals surface area (Å²) in [6, 6.07) is 0. The zero-order chi connectivity index (χ0) is 13.1. The molecule has 0 atom stereocenters. The third-order valence-electron chi connectivity index (χ3n) is 3.90. The maximum atomic E-state index is 13.0. The average Bonchev–Trinajstić information content (AvgIpc) is 2.88. The van der Waals surface area contributed by atoms with E-state index < -0.39 is 28.9 Å². The number of halogens is 5. The van der Waals surface area contributed by atoms with Crippen LogP contribution in [-0.4, -0.2) is 36.3 Å². The molecule has 0 radical (unpaired) electrons. The molecule has 0 aromatic carbocycles. The fourth-order valence-electron chi connectivity index (χ4n) is 2.59. The molecule has 0 aromatic heterocycles. The van der Waals surface area contributed by atoms with Crippen LogP contribution in [0, 0.1) is 10.8 Å². The smallest absolute Gasteiger partial charge is 0.475 e. The van der Waals surface area contributed by atoms with E-state index in [-0.39, 0.29) is 0 Å². The Morgan fingerprint density at radius 1 is 1.12 bits per heavy atom. The molecule has 0 aromatic rings. The van der Waals surface area contributed by atoms with Crippen LogP contribution in [0.4, 0.5) is 22.0 Å². The number of rotatable bonds is 0. The first-order chi connectivity index (χ1) is 7.61. The van der Waals surface area contributed by atoms with Crippen molar-refractivity contribution >= 4 is 5.97 Å². The summed E-state index contributed by atoms with van der Waals surface area (Å²) < 4.78 is 57.8. The van der Waals surface area contributed by atoms with Crippen LogP contribution in [0.1, 0.15) is 12.8 Å². The Kier molecular flexibility index (Phi) is 2.28. The van der Waals surface area contributed by atoms with Gasteiger partial charge in [-0.15, -0.1) is 0 Å². The van der Waals surface area contributed by atoms with Gasteiger partial charge in [-0.05, 0) is 12.8 Å². The molecule has 3 nitrogen and oxygen atoms in total. The van der Waals surface area contributed by atoms with Gasteiger partial charge in [0, 0.05) is 18.5 Å². The molecule has 98 valence electrons. The Labute approximate surface area is 93.0 Å². The molecule has 2 N–H and O–H groups in total. The Bertz CT molecular complexity index is 351. The number of nitrogens with one attached hydrogen (secondary N) is 1. The van der Waals surface area contributed by atoms with Gasteiger partial charge in [-0.25, -0.2) is 13.6 Å². The second kappa shape index (κ2) is 3.09. The SMILES string of the molecule is FC1(F)C2(CC2)C12CNC2.O=C(O)C(F)(F)F.